The standard InChI is InChI=1S/C22H24F2O3/c1-2-10-21-13-25-22(26-14-21,27-15-21)11-9-16-3-5-17(6-4-16)18-7-8-19(23)20(24)12-18/h3-8,12H,2,9-11,13-15H2,1H3. The Balaban J connectivity index is 1.38. The predicted molar refractivity (Wildman–Crippen MR) is 98.0 cm³/mol. The molecule has 3 saturated heterocycles. The van der Waals surface area contributed by atoms with Crippen molar-refractivity contribution in [3.63, 3.8) is 0 Å². The van der Waals surface area contributed by atoms with Gasteiger partial charge in [0.15, 0.2) is 11.6 Å². The molecule has 3 fully saturated rings. The quantitative estimate of drug-likeness (QED) is 0.706. The molecule has 0 atom stereocenters. The van der Waals surface area contributed by atoms with E-state index in [1.165, 1.54) is 6.07 Å². The first-order chi connectivity index (χ1) is 13.0. The Morgan fingerprint density at radius 2 is 1.44 bits per heavy atom. The molecule has 2 bridgehead atoms. The largest absolute Gasteiger partial charge is 0.327 e. The highest BCUT2D eigenvalue weighted by atomic mass is 19.2. The Morgan fingerprint density at radius 3 is 2.04 bits per heavy atom. The third-order valence-corrected chi connectivity index (χ3v) is 5.50. The van der Waals surface area contributed by atoms with Gasteiger partial charge in [-0.25, -0.2) is 8.78 Å². The number of hydrogen-bond donors (Lipinski definition) is 0. The summed E-state index contributed by atoms with van der Waals surface area (Å²) in [6.45, 7) is 4.23. The summed E-state index contributed by atoms with van der Waals surface area (Å²) in [4.78, 5) is 0. The van der Waals surface area contributed by atoms with Gasteiger partial charge in [-0.15, -0.1) is 0 Å². The van der Waals surface area contributed by atoms with Crippen LogP contribution in [0.1, 0.15) is 31.7 Å². The minimum atomic E-state index is -0.922. The normalized spacial score (nSPS) is 27.1. The Morgan fingerprint density at radius 1 is 0.815 bits per heavy atom. The number of hydrogen-bond acceptors (Lipinski definition) is 3. The first-order valence-electron chi connectivity index (χ1n) is 9.49. The summed E-state index contributed by atoms with van der Waals surface area (Å²) in [5.74, 6) is -2.60. The van der Waals surface area contributed by atoms with Gasteiger partial charge in [0.05, 0.1) is 19.8 Å². The van der Waals surface area contributed by atoms with E-state index in [1.807, 2.05) is 24.3 Å². The zero-order valence-corrected chi connectivity index (χ0v) is 15.5. The zero-order chi connectivity index (χ0) is 18.9. The van der Waals surface area contributed by atoms with Crippen LogP contribution < -0.4 is 0 Å². The van der Waals surface area contributed by atoms with E-state index in [1.54, 1.807) is 6.07 Å². The zero-order valence-electron chi connectivity index (χ0n) is 15.5. The van der Waals surface area contributed by atoms with E-state index >= 15 is 0 Å². The number of benzene rings is 2. The molecule has 0 spiro atoms. The van der Waals surface area contributed by atoms with Crippen LogP contribution in [-0.4, -0.2) is 25.8 Å². The molecule has 0 aromatic heterocycles. The lowest BCUT2D eigenvalue weighted by molar-refractivity contribution is -0.470. The molecule has 5 rings (SSSR count). The minimum Gasteiger partial charge on any atom is -0.327 e. The first-order valence-corrected chi connectivity index (χ1v) is 9.49. The predicted octanol–water partition coefficient (Wildman–Crippen LogP) is 5.08. The molecule has 27 heavy (non-hydrogen) atoms. The van der Waals surface area contributed by atoms with Crippen molar-refractivity contribution in [1.82, 2.24) is 0 Å². The summed E-state index contributed by atoms with van der Waals surface area (Å²) in [6.07, 6.45) is 3.51. The highest BCUT2D eigenvalue weighted by Gasteiger charge is 2.51. The fraction of sp³-hybridized carbons (Fsp3) is 0.455. The number of fused-ring (bicyclic) bond motifs is 3. The summed E-state index contributed by atoms with van der Waals surface area (Å²) in [6, 6.07) is 11.7. The third kappa shape index (κ3) is 3.77. The molecule has 3 aliphatic rings. The van der Waals surface area contributed by atoms with E-state index in [4.69, 9.17) is 14.2 Å². The average Bonchev–Trinajstić information content (AvgIpc) is 2.71. The number of halogens is 2. The van der Waals surface area contributed by atoms with Crippen LogP contribution in [0.3, 0.4) is 0 Å². The highest BCUT2D eigenvalue weighted by molar-refractivity contribution is 5.63. The number of ether oxygens (including phenoxy) is 3. The number of aryl methyl sites for hydroxylation is 1. The molecule has 0 N–H and O–H groups in total. The SMILES string of the molecule is CCCC12COC(CCc3ccc(-c4ccc(F)c(F)c4)cc3)(OC1)OC2. The monoisotopic (exact) mass is 374 g/mol. The van der Waals surface area contributed by atoms with Gasteiger partial charge in [0.1, 0.15) is 0 Å². The summed E-state index contributed by atoms with van der Waals surface area (Å²) in [7, 11) is 0. The molecule has 3 nitrogen and oxygen atoms in total. The molecule has 144 valence electrons. The van der Waals surface area contributed by atoms with Gasteiger partial charge in [-0.3, -0.25) is 0 Å². The lowest BCUT2D eigenvalue weighted by atomic mass is 9.84. The lowest BCUT2D eigenvalue weighted by Gasteiger charge is -2.52. The summed E-state index contributed by atoms with van der Waals surface area (Å²) >= 11 is 0. The summed E-state index contributed by atoms with van der Waals surface area (Å²) in [5.41, 5.74) is 2.63. The van der Waals surface area contributed by atoms with Crippen LogP contribution in [0, 0.1) is 17.0 Å². The molecule has 2 aromatic carbocycles. The van der Waals surface area contributed by atoms with Gasteiger partial charge in [0.25, 0.3) is 5.97 Å². The summed E-state index contributed by atoms with van der Waals surface area (Å²) < 4.78 is 44.3. The second-order valence-corrected chi connectivity index (χ2v) is 7.62. The van der Waals surface area contributed by atoms with Gasteiger partial charge >= 0.3 is 0 Å². The van der Waals surface area contributed by atoms with Gasteiger partial charge in [-0.05, 0) is 41.7 Å². The maximum atomic E-state index is 13.4. The van der Waals surface area contributed by atoms with E-state index in [-0.39, 0.29) is 5.41 Å². The van der Waals surface area contributed by atoms with Crippen molar-refractivity contribution in [2.24, 2.45) is 5.41 Å². The van der Waals surface area contributed by atoms with Crippen molar-refractivity contribution < 1.29 is 23.0 Å². The van der Waals surface area contributed by atoms with Crippen molar-refractivity contribution in [3.8, 4) is 11.1 Å². The lowest BCUT2D eigenvalue weighted by Crippen LogP contribution is -2.60. The van der Waals surface area contributed by atoms with Crippen molar-refractivity contribution >= 4 is 0 Å². The van der Waals surface area contributed by atoms with Gasteiger partial charge in [-0.2, -0.15) is 0 Å². The maximum Gasteiger partial charge on any atom is 0.283 e. The molecule has 5 heteroatoms. The molecule has 0 unspecified atom stereocenters. The molecular formula is C22H24F2O3. The van der Waals surface area contributed by atoms with E-state index in [9.17, 15) is 8.78 Å². The van der Waals surface area contributed by atoms with Gasteiger partial charge in [-0.1, -0.05) is 43.7 Å². The van der Waals surface area contributed by atoms with Gasteiger partial charge < -0.3 is 14.2 Å². The topological polar surface area (TPSA) is 27.7 Å². The molecule has 0 aliphatic carbocycles. The number of rotatable bonds is 6. The van der Waals surface area contributed by atoms with Crippen molar-refractivity contribution in [1.29, 1.82) is 0 Å². The van der Waals surface area contributed by atoms with Crippen LogP contribution in [0.2, 0.25) is 0 Å². The van der Waals surface area contributed by atoms with E-state index in [0.717, 1.165) is 36.5 Å². The van der Waals surface area contributed by atoms with Crippen molar-refractivity contribution in [2.75, 3.05) is 19.8 Å². The minimum absolute atomic E-state index is 0.0164. The molecule has 3 aliphatic heterocycles. The van der Waals surface area contributed by atoms with Crippen LogP contribution in [0.25, 0.3) is 11.1 Å². The third-order valence-electron chi connectivity index (χ3n) is 5.50. The molecule has 0 radical (unpaired) electrons. The Labute approximate surface area is 158 Å². The highest BCUT2D eigenvalue weighted by Crippen LogP contribution is 2.43. The van der Waals surface area contributed by atoms with Crippen molar-refractivity contribution in [3.05, 3.63) is 59.7 Å². The molecule has 3 heterocycles. The second kappa shape index (κ2) is 7.30. The van der Waals surface area contributed by atoms with Crippen LogP contribution in [-0.2, 0) is 20.6 Å². The fourth-order valence-corrected chi connectivity index (χ4v) is 3.84. The Kier molecular flexibility index (Phi) is 5.01. The van der Waals surface area contributed by atoms with Gasteiger partial charge in [0, 0.05) is 11.8 Å². The molecule has 0 amide bonds. The Bertz CT molecular complexity index is 779. The van der Waals surface area contributed by atoms with Gasteiger partial charge in [0.2, 0.25) is 0 Å². The van der Waals surface area contributed by atoms with Crippen LogP contribution in [0.5, 0.6) is 0 Å². The average molecular weight is 374 g/mol. The van der Waals surface area contributed by atoms with Crippen LogP contribution in [0.4, 0.5) is 8.78 Å². The maximum absolute atomic E-state index is 13.4. The molecule has 2 aromatic rings. The molecule has 0 saturated carbocycles. The van der Waals surface area contributed by atoms with E-state index in [0.29, 0.717) is 31.8 Å². The Hall–Kier alpha value is -1.82. The smallest absolute Gasteiger partial charge is 0.283 e. The van der Waals surface area contributed by atoms with E-state index in [2.05, 4.69) is 6.92 Å². The fourth-order valence-electron chi connectivity index (χ4n) is 3.84. The summed E-state index contributed by atoms with van der Waals surface area (Å²) in [5, 5.41) is 0. The van der Waals surface area contributed by atoms with Crippen LogP contribution in [0.15, 0.2) is 42.5 Å². The second-order valence-electron chi connectivity index (χ2n) is 7.62. The van der Waals surface area contributed by atoms with E-state index < -0.39 is 17.6 Å². The first kappa shape index (κ1) is 18.5. The van der Waals surface area contributed by atoms with Crippen LogP contribution >= 0.6 is 0 Å². The van der Waals surface area contributed by atoms with Crippen molar-refractivity contribution in [2.45, 2.75) is 38.6 Å². The molecular weight excluding hydrogens is 350 g/mol.